The van der Waals surface area contributed by atoms with Gasteiger partial charge >= 0.3 is 0 Å². The van der Waals surface area contributed by atoms with Gasteiger partial charge in [0, 0.05) is 44.7 Å². The lowest BCUT2D eigenvalue weighted by molar-refractivity contribution is -0.125. The molecule has 0 spiro atoms. The van der Waals surface area contributed by atoms with Gasteiger partial charge in [0.2, 0.25) is 11.9 Å². The molecule has 0 bridgehead atoms. The van der Waals surface area contributed by atoms with E-state index in [4.69, 9.17) is 0 Å². The Hall–Kier alpha value is -2.77. The third-order valence-corrected chi connectivity index (χ3v) is 5.63. The number of rotatable bonds is 5. The first kappa shape index (κ1) is 19.5. The fraction of sp³-hybridized carbons (Fsp3) is 0.476. The van der Waals surface area contributed by atoms with Crippen molar-refractivity contribution in [1.82, 2.24) is 15.3 Å². The molecule has 0 atom stereocenters. The minimum Gasteiger partial charge on any atom is -0.369 e. The molecule has 2 aliphatic heterocycles. The second kappa shape index (κ2) is 8.71. The van der Waals surface area contributed by atoms with Crippen molar-refractivity contribution in [3.63, 3.8) is 0 Å². The maximum absolute atomic E-state index is 13.3. The van der Waals surface area contributed by atoms with Gasteiger partial charge in [0.1, 0.15) is 11.6 Å². The van der Waals surface area contributed by atoms with Crippen LogP contribution in [0.1, 0.15) is 31.2 Å². The number of carbonyl (C=O) groups excluding carboxylic acids is 1. The SMILES string of the molecule is O=C(NCc1cc(F)cc(F)c1)C1CCN(c2cnc(N3CCCC3)nc2)CC1. The summed E-state index contributed by atoms with van der Waals surface area (Å²) in [5.41, 5.74) is 1.39. The number of halogens is 2. The molecule has 6 nitrogen and oxygen atoms in total. The Balaban J connectivity index is 1.26. The molecule has 3 heterocycles. The van der Waals surface area contributed by atoms with E-state index in [-0.39, 0.29) is 18.4 Å². The summed E-state index contributed by atoms with van der Waals surface area (Å²) in [7, 11) is 0. The maximum atomic E-state index is 13.3. The summed E-state index contributed by atoms with van der Waals surface area (Å²) in [5.74, 6) is -0.667. The molecule has 2 fully saturated rings. The van der Waals surface area contributed by atoms with E-state index in [1.54, 1.807) is 0 Å². The van der Waals surface area contributed by atoms with Crippen LogP contribution in [0.25, 0.3) is 0 Å². The molecule has 2 aromatic rings. The summed E-state index contributed by atoms with van der Waals surface area (Å²) < 4.78 is 26.5. The van der Waals surface area contributed by atoms with Crippen LogP contribution in [0.2, 0.25) is 0 Å². The van der Waals surface area contributed by atoms with Gasteiger partial charge in [-0.3, -0.25) is 4.79 Å². The number of piperidine rings is 1. The normalized spacial score (nSPS) is 17.6. The van der Waals surface area contributed by atoms with Gasteiger partial charge in [-0.2, -0.15) is 0 Å². The smallest absolute Gasteiger partial charge is 0.225 e. The second-order valence-electron chi connectivity index (χ2n) is 7.69. The average molecular weight is 401 g/mol. The quantitative estimate of drug-likeness (QED) is 0.835. The van der Waals surface area contributed by atoms with Crippen molar-refractivity contribution in [1.29, 1.82) is 0 Å². The highest BCUT2D eigenvalue weighted by Crippen LogP contribution is 2.24. The molecule has 0 radical (unpaired) electrons. The number of hydrogen-bond acceptors (Lipinski definition) is 5. The van der Waals surface area contributed by atoms with Crippen molar-refractivity contribution < 1.29 is 13.6 Å². The predicted octanol–water partition coefficient (Wildman–Crippen LogP) is 2.89. The van der Waals surface area contributed by atoms with E-state index in [1.165, 1.54) is 25.0 Å². The van der Waals surface area contributed by atoms with Gasteiger partial charge in [0.05, 0.1) is 18.1 Å². The number of anilines is 2. The van der Waals surface area contributed by atoms with E-state index in [0.717, 1.165) is 56.7 Å². The minimum absolute atomic E-state index is 0.0741. The number of amides is 1. The predicted molar refractivity (Wildman–Crippen MR) is 107 cm³/mol. The molecule has 2 aliphatic rings. The van der Waals surface area contributed by atoms with Gasteiger partial charge in [0.15, 0.2) is 0 Å². The summed E-state index contributed by atoms with van der Waals surface area (Å²) in [5, 5.41) is 2.80. The summed E-state index contributed by atoms with van der Waals surface area (Å²) in [6.45, 7) is 3.65. The van der Waals surface area contributed by atoms with Gasteiger partial charge in [-0.15, -0.1) is 0 Å². The van der Waals surface area contributed by atoms with Crippen LogP contribution in [0.3, 0.4) is 0 Å². The summed E-state index contributed by atoms with van der Waals surface area (Å²) >= 11 is 0. The van der Waals surface area contributed by atoms with Gasteiger partial charge < -0.3 is 15.1 Å². The lowest BCUT2D eigenvalue weighted by Gasteiger charge is -2.32. The van der Waals surface area contributed by atoms with Gasteiger partial charge in [-0.25, -0.2) is 18.7 Å². The molecule has 1 amide bonds. The van der Waals surface area contributed by atoms with Crippen LogP contribution in [-0.2, 0) is 11.3 Å². The zero-order chi connectivity index (χ0) is 20.2. The lowest BCUT2D eigenvalue weighted by atomic mass is 9.95. The van der Waals surface area contributed by atoms with Crippen LogP contribution in [0.15, 0.2) is 30.6 Å². The summed E-state index contributed by atoms with van der Waals surface area (Å²) in [6.07, 6.45) is 7.54. The Bertz CT molecular complexity index is 826. The third kappa shape index (κ3) is 4.81. The molecule has 4 rings (SSSR count). The van der Waals surface area contributed by atoms with E-state index in [2.05, 4.69) is 25.1 Å². The number of nitrogens with zero attached hydrogens (tertiary/aromatic N) is 4. The molecule has 0 saturated carbocycles. The fourth-order valence-electron chi connectivity index (χ4n) is 4.00. The van der Waals surface area contributed by atoms with Crippen molar-refractivity contribution in [2.45, 2.75) is 32.2 Å². The van der Waals surface area contributed by atoms with Crippen LogP contribution in [-0.4, -0.2) is 42.1 Å². The van der Waals surface area contributed by atoms with E-state index >= 15 is 0 Å². The zero-order valence-corrected chi connectivity index (χ0v) is 16.3. The topological polar surface area (TPSA) is 61.4 Å². The fourth-order valence-corrected chi connectivity index (χ4v) is 4.00. The number of carbonyl (C=O) groups is 1. The van der Waals surface area contributed by atoms with E-state index in [0.29, 0.717) is 5.56 Å². The van der Waals surface area contributed by atoms with Crippen LogP contribution < -0.4 is 15.1 Å². The molecule has 0 unspecified atom stereocenters. The molecule has 154 valence electrons. The van der Waals surface area contributed by atoms with Crippen molar-refractivity contribution in [3.8, 4) is 0 Å². The average Bonchev–Trinajstić information content (AvgIpc) is 3.26. The van der Waals surface area contributed by atoms with Gasteiger partial charge in [-0.05, 0) is 43.4 Å². The monoisotopic (exact) mass is 401 g/mol. The van der Waals surface area contributed by atoms with Gasteiger partial charge in [-0.1, -0.05) is 0 Å². The van der Waals surface area contributed by atoms with Crippen molar-refractivity contribution in [2.24, 2.45) is 5.92 Å². The first-order valence-electron chi connectivity index (χ1n) is 10.1. The number of aromatic nitrogens is 2. The van der Waals surface area contributed by atoms with E-state index in [1.807, 2.05) is 12.4 Å². The molecular weight excluding hydrogens is 376 g/mol. The molecule has 1 aromatic heterocycles. The van der Waals surface area contributed by atoms with E-state index in [9.17, 15) is 13.6 Å². The van der Waals surface area contributed by atoms with Crippen LogP contribution >= 0.6 is 0 Å². The standard InChI is InChI=1S/C21H25F2N5O/c22-17-9-15(10-18(23)11-17)12-24-20(29)16-3-7-27(8-4-16)19-13-25-21(26-14-19)28-5-1-2-6-28/h9-11,13-14,16H,1-8,12H2,(H,24,29). The highest BCUT2D eigenvalue weighted by molar-refractivity contribution is 5.79. The minimum atomic E-state index is -0.638. The first-order chi connectivity index (χ1) is 14.1. The maximum Gasteiger partial charge on any atom is 0.225 e. The highest BCUT2D eigenvalue weighted by atomic mass is 19.1. The van der Waals surface area contributed by atoms with Crippen LogP contribution in [0.4, 0.5) is 20.4 Å². The Morgan fingerprint density at radius 2 is 1.59 bits per heavy atom. The first-order valence-corrected chi connectivity index (χ1v) is 10.1. The molecule has 1 aromatic carbocycles. The Labute approximate surface area is 168 Å². The van der Waals surface area contributed by atoms with E-state index < -0.39 is 11.6 Å². The molecule has 8 heteroatoms. The Morgan fingerprint density at radius 3 is 2.21 bits per heavy atom. The van der Waals surface area contributed by atoms with Crippen molar-refractivity contribution in [3.05, 3.63) is 47.8 Å². The molecule has 29 heavy (non-hydrogen) atoms. The number of nitrogens with one attached hydrogen (secondary N) is 1. The summed E-state index contributed by atoms with van der Waals surface area (Å²) in [6, 6.07) is 3.29. The zero-order valence-electron chi connectivity index (χ0n) is 16.3. The lowest BCUT2D eigenvalue weighted by Crippen LogP contribution is -2.40. The van der Waals surface area contributed by atoms with Gasteiger partial charge in [0.25, 0.3) is 0 Å². The Kier molecular flexibility index (Phi) is 5.87. The number of hydrogen-bond donors (Lipinski definition) is 1. The van der Waals surface area contributed by atoms with Crippen LogP contribution in [0, 0.1) is 17.6 Å². The molecular formula is C21H25F2N5O. The molecule has 2 saturated heterocycles. The number of benzene rings is 1. The van der Waals surface area contributed by atoms with Crippen molar-refractivity contribution >= 4 is 17.5 Å². The highest BCUT2D eigenvalue weighted by Gasteiger charge is 2.25. The summed E-state index contributed by atoms with van der Waals surface area (Å²) in [4.78, 5) is 25.8. The Morgan fingerprint density at radius 1 is 0.966 bits per heavy atom. The van der Waals surface area contributed by atoms with Crippen LogP contribution in [0.5, 0.6) is 0 Å². The molecule has 1 N–H and O–H groups in total. The van der Waals surface area contributed by atoms with Crippen molar-refractivity contribution in [2.75, 3.05) is 36.0 Å². The molecule has 0 aliphatic carbocycles. The largest absolute Gasteiger partial charge is 0.369 e. The third-order valence-electron chi connectivity index (χ3n) is 5.63. The second-order valence-corrected chi connectivity index (χ2v) is 7.69.